The normalized spacial score (nSPS) is 18.3. The van der Waals surface area contributed by atoms with Crippen LogP contribution < -0.4 is 11.1 Å². The lowest BCUT2D eigenvalue weighted by Crippen LogP contribution is -2.46. The lowest BCUT2D eigenvalue weighted by Gasteiger charge is -2.32. The summed E-state index contributed by atoms with van der Waals surface area (Å²) in [5, 5.41) is 12.9. The van der Waals surface area contributed by atoms with E-state index in [9.17, 15) is 9.90 Å². The van der Waals surface area contributed by atoms with Crippen LogP contribution in [-0.4, -0.2) is 36.4 Å². The fourth-order valence-corrected chi connectivity index (χ4v) is 1.95. The molecule has 0 aliphatic carbocycles. The second-order valence-electron chi connectivity index (χ2n) is 4.64. The zero-order chi connectivity index (χ0) is 13.0. The molecule has 1 aliphatic heterocycles. The van der Waals surface area contributed by atoms with Crippen LogP contribution in [0, 0.1) is 0 Å². The summed E-state index contributed by atoms with van der Waals surface area (Å²) in [5.41, 5.74) is 5.82. The van der Waals surface area contributed by atoms with Crippen LogP contribution in [0.25, 0.3) is 0 Å². The molecule has 2 rings (SSSR count). The smallest absolute Gasteiger partial charge is 0.251 e. The monoisotopic (exact) mass is 250 g/mol. The highest BCUT2D eigenvalue weighted by Gasteiger charge is 2.30. The summed E-state index contributed by atoms with van der Waals surface area (Å²) in [6.45, 7) is 1.30. The van der Waals surface area contributed by atoms with E-state index in [1.807, 2.05) is 0 Å². The van der Waals surface area contributed by atoms with E-state index in [4.69, 9.17) is 10.5 Å². The zero-order valence-corrected chi connectivity index (χ0v) is 10.2. The summed E-state index contributed by atoms with van der Waals surface area (Å²) in [4.78, 5) is 11.9. The van der Waals surface area contributed by atoms with Crippen LogP contribution in [0.2, 0.25) is 0 Å². The van der Waals surface area contributed by atoms with Gasteiger partial charge in [0.05, 0.1) is 5.60 Å². The molecule has 0 aromatic heterocycles. The second kappa shape index (κ2) is 5.37. The average molecular weight is 250 g/mol. The van der Waals surface area contributed by atoms with Gasteiger partial charge in [-0.15, -0.1) is 0 Å². The van der Waals surface area contributed by atoms with Crippen molar-refractivity contribution in [2.45, 2.75) is 18.4 Å². The molecular weight excluding hydrogens is 232 g/mol. The Morgan fingerprint density at radius 1 is 1.44 bits per heavy atom. The molecule has 0 unspecified atom stereocenters. The Labute approximate surface area is 106 Å². The number of ether oxygens (including phenoxy) is 1. The van der Waals surface area contributed by atoms with Crippen molar-refractivity contribution in [2.75, 3.05) is 25.5 Å². The second-order valence-corrected chi connectivity index (χ2v) is 4.64. The third-order valence-corrected chi connectivity index (χ3v) is 3.15. The summed E-state index contributed by atoms with van der Waals surface area (Å²) in [5.74, 6) is -0.220. The third-order valence-electron chi connectivity index (χ3n) is 3.15. The number of nitrogens with two attached hydrogens (primary N) is 1. The Bertz CT molecular complexity index is 428. The number of amides is 1. The van der Waals surface area contributed by atoms with Gasteiger partial charge in [0.2, 0.25) is 0 Å². The Kier molecular flexibility index (Phi) is 3.84. The highest BCUT2D eigenvalue weighted by molar-refractivity contribution is 5.95. The van der Waals surface area contributed by atoms with E-state index in [2.05, 4.69) is 5.32 Å². The van der Waals surface area contributed by atoms with Crippen LogP contribution in [0.1, 0.15) is 23.2 Å². The van der Waals surface area contributed by atoms with Gasteiger partial charge in [-0.1, -0.05) is 6.07 Å². The molecule has 1 heterocycles. The predicted molar refractivity (Wildman–Crippen MR) is 68.2 cm³/mol. The van der Waals surface area contributed by atoms with E-state index in [0.717, 1.165) is 0 Å². The van der Waals surface area contributed by atoms with Gasteiger partial charge in [-0.05, 0) is 18.2 Å². The van der Waals surface area contributed by atoms with Crippen LogP contribution in [0.4, 0.5) is 5.69 Å². The number of anilines is 1. The number of benzene rings is 1. The van der Waals surface area contributed by atoms with Gasteiger partial charge in [0.25, 0.3) is 5.91 Å². The molecule has 0 atom stereocenters. The largest absolute Gasteiger partial charge is 0.399 e. The molecule has 1 aromatic rings. The number of carbonyl (C=O) groups excluding carboxylic acids is 1. The number of hydrogen-bond donors (Lipinski definition) is 3. The highest BCUT2D eigenvalue weighted by atomic mass is 16.5. The van der Waals surface area contributed by atoms with Gasteiger partial charge in [-0.2, -0.15) is 0 Å². The van der Waals surface area contributed by atoms with E-state index in [1.54, 1.807) is 24.3 Å². The molecule has 0 bridgehead atoms. The molecule has 5 nitrogen and oxygen atoms in total. The molecule has 1 fully saturated rings. The predicted octanol–water partition coefficient (Wildman–Crippen LogP) is 0.540. The first-order valence-corrected chi connectivity index (χ1v) is 6.03. The summed E-state index contributed by atoms with van der Waals surface area (Å²) in [6, 6.07) is 6.76. The average Bonchev–Trinajstić information content (AvgIpc) is 2.37. The van der Waals surface area contributed by atoms with Gasteiger partial charge in [0.15, 0.2) is 0 Å². The minimum Gasteiger partial charge on any atom is -0.399 e. The van der Waals surface area contributed by atoms with Gasteiger partial charge in [-0.25, -0.2) is 0 Å². The molecule has 5 heteroatoms. The van der Waals surface area contributed by atoms with Crippen LogP contribution in [0.3, 0.4) is 0 Å². The van der Waals surface area contributed by atoms with Gasteiger partial charge >= 0.3 is 0 Å². The molecule has 18 heavy (non-hydrogen) atoms. The minimum absolute atomic E-state index is 0.220. The SMILES string of the molecule is Nc1cccc(C(=O)NCC2(O)CCOCC2)c1. The van der Waals surface area contributed by atoms with Crippen LogP contribution >= 0.6 is 0 Å². The number of hydrogen-bond acceptors (Lipinski definition) is 4. The van der Waals surface area contributed by atoms with Crippen molar-refractivity contribution in [2.24, 2.45) is 0 Å². The number of carbonyl (C=O) groups is 1. The van der Waals surface area contributed by atoms with Crippen molar-refractivity contribution in [1.82, 2.24) is 5.32 Å². The topological polar surface area (TPSA) is 84.6 Å². The molecule has 4 N–H and O–H groups in total. The molecule has 1 aromatic carbocycles. The van der Waals surface area contributed by atoms with Crippen molar-refractivity contribution in [3.8, 4) is 0 Å². The first-order chi connectivity index (χ1) is 8.59. The fourth-order valence-electron chi connectivity index (χ4n) is 1.95. The van der Waals surface area contributed by atoms with Crippen molar-refractivity contribution in [3.63, 3.8) is 0 Å². The molecule has 0 saturated carbocycles. The zero-order valence-electron chi connectivity index (χ0n) is 10.2. The maximum atomic E-state index is 11.9. The Morgan fingerprint density at radius 2 is 2.17 bits per heavy atom. The number of rotatable bonds is 3. The molecule has 1 saturated heterocycles. The minimum atomic E-state index is -0.853. The van der Waals surface area contributed by atoms with Crippen molar-refractivity contribution in [3.05, 3.63) is 29.8 Å². The number of nitrogen functional groups attached to an aromatic ring is 1. The van der Waals surface area contributed by atoms with E-state index in [0.29, 0.717) is 37.3 Å². The van der Waals surface area contributed by atoms with Gasteiger partial charge in [0.1, 0.15) is 0 Å². The standard InChI is InChI=1S/C13H18N2O3/c14-11-3-1-2-10(8-11)12(16)15-9-13(17)4-6-18-7-5-13/h1-3,8,17H,4-7,9,14H2,(H,15,16). The van der Waals surface area contributed by atoms with E-state index < -0.39 is 5.60 Å². The van der Waals surface area contributed by atoms with Crippen LogP contribution in [0.15, 0.2) is 24.3 Å². The summed E-state index contributed by atoms with van der Waals surface area (Å²) in [7, 11) is 0. The summed E-state index contributed by atoms with van der Waals surface area (Å²) >= 11 is 0. The molecule has 1 aliphatic rings. The summed E-state index contributed by atoms with van der Waals surface area (Å²) < 4.78 is 5.18. The fraction of sp³-hybridized carbons (Fsp3) is 0.462. The van der Waals surface area contributed by atoms with Gasteiger partial charge in [0, 0.05) is 43.9 Å². The number of nitrogens with one attached hydrogen (secondary N) is 1. The Morgan fingerprint density at radius 3 is 2.83 bits per heavy atom. The van der Waals surface area contributed by atoms with E-state index in [-0.39, 0.29) is 12.5 Å². The molecule has 0 spiro atoms. The maximum Gasteiger partial charge on any atom is 0.251 e. The molecule has 1 amide bonds. The molecular formula is C13H18N2O3. The molecule has 0 radical (unpaired) electrons. The van der Waals surface area contributed by atoms with Crippen LogP contribution in [0.5, 0.6) is 0 Å². The quantitative estimate of drug-likeness (QED) is 0.684. The summed E-state index contributed by atoms with van der Waals surface area (Å²) in [6.07, 6.45) is 1.09. The molecule has 98 valence electrons. The van der Waals surface area contributed by atoms with Gasteiger partial charge in [-0.3, -0.25) is 4.79 Å². The van der Waals surface area contributed by atoms with Crippen molar-refractivity contribution in [1.29, 1.82) is 0 Å². The van der Waals surface area contributed by atoms with Crippen LogP contribution in [-0.2, 0) is 4.74 Å². The Hall–Kier alpha value is -1.59. The maximum absolute atomic E-state index is 11.9. The van der Waals surface area contributed by atoms with Crippen molar-refractivity contribution < 1.29 is 14.6 Å². The lowest BCUT2D eigenvalue weighted by atomic mass is 9.94. The third kappa shape index (κ3) is 3.21. The first kappa shape index (κ1) is 12.9. The lowest BCUT2D eigenvalue weighted by molar-refractivity contribution is -0.0605. The van der Waals surface area contributed by atoms with E-state index >= 15 is 0 Å². The van der Waals surface area contributed by atoms with E-state index in [1.165, 1.54) is 0 Å². The Balaban J connectivity index is 1.92. The van der Waals surface area contributed by atoms with Crippen molar-refractivity contribution >= 4 is 11.6 Å². The number of aliphatic hydroxyl groups is 1. The highest BCUT2D eigenvalue weighted by Crippen LogP contribution is 2.19. The van der Waals surface area contributed by atoms with Gasteiger partial charge < -0.3 is 20.9 Å². The first-order valence-electron chi connectivity index (χ1n) is 6.03.